The van der Waals surface area contributed by atoms with Crippen LogP contribution in [0.3, 0.4) is 0 Å². The monoisotopic (exact) mass is 288 g/mol. The summed E-state index contributed by atoms with van der Waals surface area (Å²) in [7, 11) is 0. The van der Waals surface area contributed by atoms with Crippen molar-refractivity contribution in [1.29, 1.82) is 0 Å². The van der Waals surface area contributed by atoms with Crippen LogP contribution in [0.4, 0.5) is 8.78 Å². The van der Waals surface area contributed by atoms with Gasteiger partial charge in [0, 0.05) is 4.83 Å². The van der Waals surface area contributed by atoms with Crippen LogP contribution in [-0.2, 0) is 6.42 Å². The van der Waals surface area contributed by atoms with E-state index in [1.807, 2.05) is 0 Å². The van der Waals surface area contributed by atoms with Crippen molar-refractivity contribution in [2.24, 2.45) is 5.92 Å². The molecule has 0 aromatic heterocycles. The van der Waals surface area contributed by atoms with Gasteiger partial charge in [0.25, 0.3) is 0 Å². The molecule has 0 N–H and O–H groups in total. The van der Waals surface area contributed by atoms with Crippen molar-refractivity contribution < 1.29 is 8.78 Å². The lowest BCUT2D eigenvalue weighted by Crippen LogP contribution is -2.01. The van der Waals surface area contributed by atoms with Crippen LogP contribution in [0.1, 0.15) is 31.2 Å². The fourth-order valence-corrected chi connectivity index (χ4v) is 2.74. The van der Waals surface area contributed by atoms with E-state index in [0.717, 1.165) is 30.7 Å². The molecule has 0 nitrogen and oxygen atoms in total. The molecular formula is C13H15BrF2. The largest absolute Gasteiger partial charge is 0.204 e. The summed E-state index contributed by atoms with van der Waals surface area (Å²) in [6, 6.07) is 4.17. The van der Waals surface area contributed by atoms with Crippen LogP contribution in [0.5, 0.6) is 0 Å². The van der Waals surface area contributed by atoms with Gasteiger partial charge in [-0.15, -0.1) is 0 Å². The Bertz CT molecular complexity index is 361. The van der Waals surface area contributed by atoms with Gasteiger partial charge in [0.1, 0.15) is 0 Å². The highest BCUT2D eigenvalue weighted by Gasteiger charge is 2.28. The van der Waals surface area contributed by atoms with Crippen LogP contribution in [0.25, 0.3) is 0 Å². The minimum absolute atomic E-state index is 0.609. The molecule has 1 aliphatic rings. The Labute approximate surface area is 103 Å². The molecule has 1 atom stereocenters. The fourth-order valence-electron chi connectivity index (χ4n) is 1.89. The molecular weight excluding hydrogens is 274 g/mol. The molecule has 0 spiro atoms. The molecule has 0 heterocycles. The summed E-state index contributed by atoms with van der Waals surface area (Å²) in [4.78, 5) is 0.609. The van der Waals surface area contributed by atoms with E-state index in [9.17, 15) is 8.78 Å². The summed E-state index contributed by atoms with van der Waals surface area (Å²) in [6.07, 6.45) is 5.63. The molecule has 3 heteroatoms. The number of rotatable bonds is 5. The van der Waals surface area contributed by atoms with Gasteiger partial charge >= 0.3 is 0 Å². The Hall–Kier alpha value is -0.440. The summed E-state index contributed by atoms with van der Waals surface area (Å²) < 4.78 is 25.6. The lowest BCUT2D eigenvalue weighted by Gasteiger charge is -2.07. The number of hydrogen-bond donors (Lipinski definition) is 0. The standard InChI is InChI=1S/C13H15BrF2/c14-11(10-5-6-10)3-1-2-9-4-7-12(15)13(16)8-9/h4,7-8,10-11H,1-3,5-6H2. The van der Waals surface area contributed by atoms with Crippen LogP contribution < -0.4 is 0 Å². The van der Waals surface area contributed by atoms with Gasteiger partial charge in [-0.1, -0.05) is 22.0 Å². The molecule has 1 aliphatic carbocycles. The number of benzene rings is 1. The molecule has 0 aliphatic heterocycles. The molecule has 1 aromatic carbocycles. The van der Waals surface area contributed by atoms with Crippen LogP contribution in [-0.4, -0.2) is 4.83 Å². The molecule has 0 amide bonds. The van der Waals surface area contributed by atoms with Crippen molar-refractivity contribution in [3.63, 3.8) is 0 Å². The maximum absolute atomic E-state index is 12.9. The number of hydrogen-bond acceptors (Lipinski definition) is 0. The smallest absolute Gasteiger partial charge is 0.159 e. The van der Waals surface area contributed by atoms with Gasteiger partial charge in [0.15, 0.2) is 11.6 Å². The van der Waals surface area contributed by atoms with Gasteiger partial charge in [-0.3, -0.25) is 0 Å². The predicted octanol–water partition coefficient (Wildman–Crippen LogP) is 4.46. The molecule has 1 unspecified atom stereocenters. The maximum atomic E-state index is 12.9. The molecule has 1 aromatic rings. The second-order valence-electron chi connectivity index (χ2n) is 4.49. The van der Waals surface area contributed by atoms with Crippen molar-refractivity contribution in [1.82, 2.24) is 0 Å². The lowest BCUT2D eigenvalue weighted by molar-refractivity contribution is 0.506. The first kappa shape index (κ1) is 12.0. The summed E-state index contributed by atoms with van der Waals surface area (Å²) in [5, 5.41) is 0. The summed E-state index contributed by atoms with van der Waals surface area (Å²) in [5.74, 6) is -0.653. The Morgan fingerprint density at radius 1 is 1.25 bits per heavy atom. The van der Waals surface area contributed by atoms with Crippen molar-refractivity contribution in [2.45, 2.75) is 36.9 Å². The van der Waals surface area contributed by atoms with Crippen LogP contribution in [0.15, 0.2) is 18.2 Å². The molecule has 0 bridgehead atoms. The average Bonchev–Trinajstić information content (AvgIpc) is 3.07. The van der Waals surface area contributed by atoms with Gasteiger partial charge < -0.3 is 0 Å². The minimum atomic E-state index is -0.764. The highest BCUT2D eigenvalue weighted by molar-refractivity contribution is 9.09. The summed E-state index contributed by atoms with van der Waals surface area (Å²) in [5.41, 5.74) is 0.884. The second kappa shape index (κ2) is 5.26. The number of halogens is 3. The van der Waals surface area contributed by atoms with Crippen LogP contribution >= 0.6 is 15.9 Å². The zero-order valence-corrected chi connectivity index (χ0v) is 10.6. The Balaban J connectivity index is 1.78. The Morgan fingerprint density at radius 3 is 2.62 bits per heavy atom. The van der Waals surface area contributed by atoms with E-state index in [0.29, 0.717) is 4.83 Å². The molecule has 16 heavy (non-hydrogen) atoms. The van der Waals surface area contributed by atoms with Gasteiger partial charge in [-0.25, -0.2) is 8.78 Å². The highest BCUT2D eigenvalue weighted by atomic mass is 79.9. The molecule has 88 valence electrons. The van der Waals surface area contributed by atoms with Crippen molar-refractivity contribution in [2.75, 3.05) is 0 Å². The zero-order chi connectivity index (χ0) is 11.5. The maximum Gasteiger partial charge on any atom is 0.159 e. The summed E-state index contributed by atoms with van der Waals surface area (Å²) >= 11 is 3.67. The van der Waals surface area contributed by atoms with E-state index < -0.39 is 11.6 Å². The van der Waals surface area contributed by atoms with Crippen LogP contribution in [0, 0.1) is 17.6 Å². The molecule has 0 saturated heterocycles. The van der Waals surface area contributed by atoms with E-state index in [1.165, 1.54) is 25.0 Å². The van der Waals surface area contributed by atoms with E-state index in [1.54, 1.807) is 6.07 Å². The molecule has 1 saturated carbocycles. The predicted molar refractivity (Wildman–Crippen MR) is 64.7 cm³/mol. The van der Waals surface area contributed by atoms with E-state index >= 15 is 0 Å². The van der Waals surface area contributed by atoms with Crippen LogP contribution in [0.2, 0.25) is 0 Å². The van der Waals surface area contributed by atoms with Crippen molar-refractivity contribution >= 4 is 15.9 Å². The lowest BCUT2D eigenvalue weighted by atomic mass is 10.1. The van der Waals surface area contributed by atoms with Gasteiger partial charge in [-0.2, -0.15) is 0 Å². The number of alkyl halides is 1. The SMILES string of the molecule is Fc1ccc(CCCC(Br)C2CC2)cc1F. The molecule has 2 rings (SSSR count). The van der Waals surface area contributed by atoms with Gasteiger partial charge in [0.2, 0.25) is 0 Å². The van der Waals surface area contributed by atoms with E-state index in [4.69, 9.17) is 0 Å². The average molecular weight is 289 g/mol. The third-order valence-corrected chi connectivity index (χ3v) is 4.27. The first-order valence-corrected chi connectivity index (χ1v) is 6.66. The Morgan fingerprint density at radius 2 is 2.00 bits per heavy atom. The normalized spacial score (nSPS) is 17.4. The molecule has 1 fully saturated rings. The van der Waals surface area contributed by atoms with Gasteiger partial charge in [0.05, 0.1) is 0 Å². The number of aryl methyl sites for hydroxylation is 1. The zero-order valence-electron chi connectivity index (χ0n) is 9.06. The Kier molecular flexibility index (Phi) is 3.95. The van der Waals surface area contributed by atoms with E-state index in [2.05, 4.69) is 15.9 Å². The highest BCUT2D eigenvalue weighted by Crippen LogP contribution is 2.38. The van der Waals surface area contributed by atoms with E-state index in [-0.39, 0.29) is 0 Å². The fraction of sp³-hybridized carbons (Fsp3) is 0.538. The quantitative estimate of drug-likeness (QED) is 0.702. The summed E-state index contributed by atoms with van der Waals surface area (Å²) in [6.45, 7) is 0. The van der Waals surface area contributed by atoms with Crippen molar-refractivity contribution in [3.05, 3.63) is 35.4 Å². The molecule has 0 radical (unpaired) electrons. The third kappa shape index (κ3) is 3.27. The minimum Gasteiger partial charge on any atom is -0.204 e. The second-order valence-corrected chi connectivity index (χ2v) is 5.67. The topological polar surface area (TPSA) is 0 Å². The van der Waals surface area contributed by atoms with Gasteiger partial charge in [-0.05, 0) is 55.7 Å². The first-order valence-electron chi connectivity index (χ1n) is 5.75. The van der Waals surface area contributed by atoms with Crippen molar-refractivity contribution in [3.8, 4) is 0 Å². The third-order valence-electron chi connectivity index (χ3n) is 3.06. The first-order chi connectivity index (χ1) is 7.66.